The number of likely N-dealkylation sites (tertiary alicyclic amines) is 1. The van der Waals surface area contributed by atoms with Crippen molar-refractivity contribution in [1.82, 2.24) is 9.80 Å². The van der Waals surface area contributed by atoms with E-state index in [2.05, 4.69) is 5.32 Å². The lowest BCUT2D eigenvalue weighted by Gasteiger charge is -2.35. The molecule has 1 N–H and O–H groups in total. The van der Waals surface area contributed by atoms with Crippen molar-refractivity contribution in [3.63, 3.8) is 0 Å². The lowest BCUT2D eigenvalue weighted by Crippen LogP contribution is -2.44. The van der Waals surface area contributed by atoms with E-state index in [1.54, 1.807) is 35.9 Å². The summed E-state index contributed by atoms with van der Waals surface area (Å²) in [5, 5.41) is 2.85. The molecule has 1 atom stereocenters. The molecule has 0 bridgehead atoms. The second-order valence-electron chi connectivity index (χ2n) is 7.82. The number of ether oxygens (including phenoxy) is 1. The first kappa shape index (κ1) is 21.5. The van der Waals surface area contributed by atoms with Gasteiger partial charge in [0.1, 0.15) is 16.9 Å². The van der Waals surface area contributed by atoms with Crippen LogP contribution < -0.4 is 10.1 Å². The summed E-state index contributed by atoms with van der Waals surface area (Å²) in [6, 6.07) is 13.6. The Morgan fingerprint density at radius 2 is 1.87 bits per heavy atom. The maximum absolute atomic E-state index is 13.3. The number of thioether (sulfide) groups is 1. The van der Waals surface area contributed by atoms with E-state index in [0.29, 0.717) is 42.7 Å². The molecule has 2 saturated heterocycles. The van der Waals surface area contributed by atoms with E-state index in [0.717, 1.165) is 18.4 Å². The van der Waals surface area contributed by atoms with Crippen molar-refractivity contribution in [3.8, 4) is 5.75 Å². The molecule has 31 heavy (non-hydrogen) atoms. The SMILES string of the molecule is COc1ccccc1NC(=O)N1CCC(CN2C(=O)CSC2c2ccc(F)cc2)CC1. The van der Waals surface area contributed by atoms with Crippen LogP contribution in [-0.2, 0) is 4.79 Å². The largest absolute Gasteiger partial charge is 0.495 e. The Hall–Kier alpha value is -2.74. The molecule has 0 aromatic heterocycles. The van der Waals surface area contributed by atoms with E-state index < -0.39 is 0 Å². The predicted octanol–water partition coefficient (Wildman–Crippen LogP) is 4.35. The van der Waals surface area contributed by atoms with E-state index >= 15 is 0 Å². The summed E-state index contributed by atoms with van der Waals surface area (Å²) < 4.78 is 18.6. The summed E-state index contributed by atoms with van der Waals surface area (Å²) in [6.07, 6.45) is 1.67. The van der Waals surface area contributed by atoms with Gasteiger partial charge in [0.2, 0.25) is 5.91 Å². The number of benzene rings is 2. The van der Waals surface area contributed by atoms with Gasteiger partial charge in [-0.05, 0) is 48.6 Å². The number of nitrogens with one attached hydrogen (secondary N) is 1. The molecule has 2 aliphatic rings. The first-order valence-electron chi connectivity index (χ1n) is 10.4. The number of para-hydroxylation sites is 2. The topological polar surface area (TPSA) is 61.9 Å². The Balaban J connectivity index is 1.32. The molecule has 8 heteroatoms. The van der Waals surface area contributed by atoms with Crippen molar-refractivity contribution in [1.29, 1.82) is 0 Å². The van der Waals surface area contributed by atoms with Gasteiger partial charge >= 0.3 is 6.03 Å². The number of amides is 3. The molecule has 0 aliphatic carbocycles. The van der Waals surface area contributed by atoms with Crippen LogP contribution in [-0.4, -0.2) is 54.2 Å². The molecule has 0 spiro atoms. The lowest BCUT2D eigenvalue weighted by molar-refractivity contribution is -0.128. The summed E-state index contributed by atoms with van der Waals surface area (Å²) in [5.41, 5.74) is 1.60. The van der Waals surface area contributed by atoms with Crippen LogP contribution in [0.25, 0.3) is 0 Å². The molecule has 2 heterocycles. The molecule has 1 unspecified atom stereocenters. The number of hydrogen-bond donors (Lipinski definition) is 1. The predicted molar refractivity (Wildman–Crippen MR) is 120 cm³/mol. The molecule has 4 rings (SSSR count). The van der Waals surface area contributed by atoms with E-state index in [1.165, 1.54) is 12.1 Å². The molecule has 2 aromatic rings. The molecular weight excluding hydrogens is 417 g/mol. The molecule has 0 radical (unpaired) electrons. The minimum Gasteiger partial charge on any atom is -0.495 e. The van der Waals surface area contributed by atoms with Crippen molar-refractivity contribution >= 4 is 29.4 Å². The van der Waals surface area contributed by atoms with Crippen molar-refractivity contribution in [2.45, 2.75) is 18.2 Å². The summed E-state index contributed by atoms with van der Waals surface area (Å²) in [7, 11) is 1.58. The van der Waals surface area contributed by atoms with Crippen LogP contribution in [0.4, 0.5) is 14.9 Å². The number of carbonyl (C=O) groups excluding carboxylic acids is 2. The van der Waals surface area contributed by atoms with Gasteiger partial charge in [0.15, 0.2) is 0 Å². The number of anilines is 1. The second kappa shape index (κ2) is 9.60. The maximum atomic E-state index is 13.3. The Morgan fingerprint density at radius 3 is 2.58 bits per heavy atom. The lowest BCUT2D eigenvalue weighted by atomic mass is 9.96. The van der Waals surface area contributed by atoms with E-state index in [1.807, 2.05) is 29.2 Å². The minimum absolute atomic E-state index is 0.0695. The molecule has 2 fully saturated rings. The van der Waals surface area contributed by atoms with Gasteiger partial charge in [-0.25, -0.2) is 9.18 Å². The smallest absolute Gasteiger partial charge is 0.321 e. The number of halogens is 1. The third-order valence-corrected chi connectivity index (χ3v) is 7.08. The van der Waals surface area contributed by atoms with Crippen molar-refractivity contribution in [2.24, 2.45) is 5.92 Å². The van der Waals surface area contributed by atoms with Crippen LogP contribution in [0, 0.1) is 11.7 Å². The third-order valence-electron chi connectivity index (χ3n) is 5.83. The van der Waals surface area contributed by atoms with Crippen molar-refractivity contribution < 1.29 is 18.7 Å². The van der Waals surface area contributed by atoms with Crippen molar-refractivity contribution in [3.05, 3.63) is 59.9 Å². The zero-order valence-electron chi connectivity index (χ0n) is 17.4. The second-order valence-corrected chi connectivity index (χ2v) is 8.89. The normalized spacial score (nSPS) is 19.5. The fraction of sp³-hybridized carbons (Fsp3) is 0.391. The number of piperidine rings is 1. The van der Waals surface area contributed by atoms with Gasteiger partial charge in [-0.15, -0.1) is 11.8 Å². The zero-order valence-corrected chi connectivity index (χ0v) is 18.2. The van der Waals surface area contributed by atoms with E-state index in [-0.39, 0.29) is 23.1 Å². The number of nitrogens with zero attached hydrogens (tertiary/aromatic N) is 2. The highest BCUT2D eigenvalue weighted by molar-refractivity contribution is 8.00. The third kappa shape index (κ3) is 4.95. The number of carbonyl (C=O) groups is 2. The van der Waals surface area contributed by atoms with E-state index in [9.17, 15) is 14.0 Å². The molecule has 6 nitrogen and oxygen atoms in total. The Labute approximate surface area is 185 Å². The van der Waals surface area contributed by atoms with Gasteiger partial charge in [-0.1, -0.05) is 24.3 Å². The standard InChI is InChI=1S/C23H26FN3O3S/c1-30-20-5-3-2-4-19(20)25-23(29)26-12-10-16(11-13-26)14-27-21(28)15-31-22(27)17-6-8-18(24)9-7-17/h2-9,16,22H,10-15H2,1H3,(H,25,29). The summed E-state index contributed by atoms with van der Waals surface area (Å²) >= 11 is 1.58. The van der Waals surface area contributed by atoms with Crippen LogP contribution in [0.5, 0.6) is 5.75 Å². The average molecular weight is 444 g/mol. The number of methoxy groups -OCH3 is 1. The first-order valence-corrected chi connectivity index (χ1v) is 11.5. The van der Waals surface area contributed by atoms with Gasteiger partial charge in [-0.2, -0.15) is 0 Å². The average Bonchev–Trinajstić information content (AvgIpc) is 3.15. The quantitative estimate of drug-likeness (QED) is 0.746. The fourth-order valence-corrected chi connectivity index (χ4v) is 5.29. The maximum Gasteiger partial charge on any atom is 0.321 e. The first-order chi connectivity index (χ1) is 15.0. The summed E-state index contributed by atoms with van der Waals surface area (Å²) in [6.45, 7) is 1.94. The van der Waals surface area contributed by atoms with Crippen LogP contribution in [0.2, 0.25) is 0 Å². The van der Waals surface area contributed by atoms with E-state index in [4.69, 9.17) is 4.74 Å². The molecule has 2 aliphatic heterocycles. The fourth-order valence-electron chi connectivity index (χ4n) is 4.09. The molecule has 2 aromatic carbocycles. The molecule has 0 saturated carbocycles. The van der Waals surface area contributed by atoms with Gasteiger partial charge in [-0.3, -0.25) is 4.79 Å². The molecular formula is C23H26FN3O3S. The Bertz CT molecular complexity index is 932. The Morgan fingerprint density at radius 1 is 1.16 bits per heavy atom. The van der Waals surface area contributed by atoms with Crippen molar-refractivity contribution in [2.75, 3.05) is 37.8 Å². The Kier molecular flexibility index (Phi) is 6.65. The number of rotatable bonds is 5. The molecule has 3 amide bonds. The van der Waals surface area contributed by atoms with Gasteiger partial charge in [0.05, 0.1) is 18.6 Å². The van der Waals surface area contributed by atoms with Crippen LogP contribution >= 0.6 is 11.8 Å². The summed E-state index contributed by atoms with van der Waals surface area (Å²) in [4.78, 5) is 28.9. The summed E-state index contributed by atoms with van der Waals surface area (Å²) in [5.74, 6) is 1.25. The monoisotopic (exact) mass is 443 g/mol. The number of hydrogen-bond acceptors (Lipinski definition) is 4. The van der Waals surface area contributed by atoms with Gasteiger partial charge in [0.25, 0.3) is 0 Å². The van der Waals surface area contributed by atoms with Crippen LogP contribution in [0.3, 0.4) is 0 Å². The minimum atomic E-state index is -0.275. The highest BCUT2D eigenvalue weighted by Crippen LogP contribution is 2.39. The van der Waals surface area contributed by atoms with Crippen LogP contribution in [0.1, 0.15) is 23.8 Å². The highest BCUT2D eigenvalue weighted by Gasteiger charge is 2.35. The molecule has 164 valence electrons. The van der Waals surface area contributed by atoms with Gasteiger partial charge < -0.3 is 19.9 Å². The number of urea groups is 1. The highest BCUT2D eigenvalue weighted by atomic mass is 32.2. The van der Waals surface area contributed by atoms with Crippen LogP contribution in [0.15, 0.2) is 48.5 Å². The van der Waals surface area contributed by atoms with Gasteiger partial charge in [0, 0.05) is 19.6 Å². The zero-order chi connectivity index (χ0) is 21.8.